The predicted molar refractivity (Wildman–Crippen MR) is 72.7 cm³/mol. The Morgan fingerprint density at radius 1 is 1.29 bits per heavy atom. The van der Waals surface area contributed by atoms with Crippen LogP contribution in [-0.2, 0) is 10.2 Å². The predicted octanol–water partition coefficient (Wildman–Crippen LogP) is 2.36. The summed E-state index contributed by atoms with van der Waals surface area (Å²) in [5.41, 5.74) is 0.0454. The van der Waals surface area contributed by atoms with Gasteiger partial charge < -0.3 is 15.4 Å². The molecule has 0 unspecified atom stereocenters. The Morgan fingerprint density at radius 2 is 2.05 bits per heavy atom. The van der Waals surface area contributed by atoms with Gasteiger partial charge in [0.25, 0.3) is 0 Å². The molecule has 1 amide bonds. The highest BCUT2D eigenvalue weighted by molar-refractivity contribution is 6.08. The normalized spacial score (nSPS) is 23.5. The van der Waals surface area contributed by atoms with Gasteiger partial charge in [-0.2, -0.15) is 0 Å². The van der Waals surface area contributed by atoms with Gasteiger partial charge in [-0.3, -0.25) is 4.79 Å². The number of ether oxygens (including phenoxy) is 1. The van der Waals surface area contributed by atoms with Crippen molar-refractivity contribution in [2.75, 3.05) is 18.4 Å². The van der Waals surface area contributed by atoms with Crippen LogP contribution in [0.5, 0.6) is 5.75 Å². The van der Waals surface area contributed by atoms with Crippen molar-refractivity contribution >= 4 is 24.0 Å². The summed E-state index contributed by atoms with van der Waals surface area (Å²) in [7, 11) is 0. The molecule has 2 heterocycles. The average Bonchev–Trinajstić information content (AvgIpc) is 2.63. The van der Waals surface area contributed by atoms with Crippen molar-refractivity contribution < 1.29 is 22.7 Å². The third-order valence-corrected chi connectivity index (χ3v) is 3.43. The van der Waals surface area contributed by atoms with Gasteiger partial charge in [0.1, 0.15) is 11.2 Å². The largest absolute Gasteiger partial charge is 0.573 e. The van der Waals surface area contributed by atoms with E-state index in [0.717, 1.165) is 0 Å². The van der Waals surface area contributed by atoms with Gasteiger partial charge in [0.15, 0.2) is 0 Å². The van der Waals surface area contributed by atoms with Crippen LogP contribution in [0.1, 0.15) is 5.56 Å². The van der Waals surface area contributed by atoms with Gasteiger partial charge in [-0.05, 0) is 23.8 Å². The van der Waals surface area contributed by atoms with E-state index in [1.807, 2.05) is 0 Å². The molecule has 1 spiro atoms. The molecular formula is C13H12ClF3N2O2. The van der Waals surface area contributed by atoms with Crippen molar-refractivity contribution in [2.24, 2.45) is 0 Å². The summed E-state index contributed by atoms with van der Waals surface area (Å²) in [5, 5.41) is 5.73. The molecule has 1 aromatic carbocycles. The molecule has 3 rings (SSSR count). The second-order valence-corrected chi connectivity index (χ2v) is 4.71. The first-order chi connectivity index (χ1) is 9.41. The first kappa shape index (κ1) is 15.7. The molecule has 2 aliphatic rings. The second kappa shape index (κ2) is 5.23. The number of hydrogen-bond donors (Lipinski definition) is 2. The number of carbonyl (C=O) groups is 1. The van der Waals surface area contributed by atoms with Crippen LogP contribution >= 0.6 is 12.4 Å². The molecule has 1 aromatic rings. The Labute approximate surface area is 124 Å². The number of rotatable bonds is 1. The number of amides is 1. The molecule has 1 atom stereocenters. The number of benzene rings is 1. The van der Waals surface area contributed by atoms with E-state index in [1.54, 1.807) is 12.2 Å². The Morgan fingerprint density at radius 3 is 2.67 bits per heavy atom. The van der Waals surface area contributed by atoms with E-state index in [4.69, 9.17) is 0 Å². The molecule has 0 bridgehead atoms. The van der Waals surface area contributed by atoms with E-state index < -0.39 is 11.8 Å². The van der Waals surface area contributed by atoms with Crippen molar-refractivity contribution in [2.45, 2.75) is 11.8 Å². The molecule has 0 saturated carbocycles. The fourth-order valence-corrected chi connectivity index (χ4v) is 2.57. The van der Waals surface area contributed by atoms with Gasteiger partial charge in [0.2, 0.25) is 5.91 Å². The van der Waals surface area contributed by atoms with Crippen molar-refractivity contribution in [3.8, 4) is 5.75 Å². The number of hydrogen-bond acceptors (Lipinski definition) is 3. The molecule has 0 radical (unpaired) electrons. The lowest BCUT2D eigenvalue weighted by atomic mass is 9.79. The van der Waals surface area contributed by atoms with Crippen LogP contribution in [0.25, 0.3) is 0 Å². The highest BCUT2D eigenvalue weighted by atomic mass is 35.5. The zero-order valence-corrected chi connectivity index (χ0v) is 11.5. The van der Waals surface area contributed by atoms with Crippen molar-refractivity contribution in [3.63, 3.8) is 0 Å². The molecule has 2 N–H and O–H groups in total. The Bertz CT molecular complexity index is 604. The number of nitrogens with one attached hydrogen (secondary N) is 2. The fourth-order valence-electron chi connectivity index (χ4n) is 2.57. The minimum Gasteiger partial charge on any atom is -0.406 e. The van der Waals surface area contributed by atoms with E-state index in [0.29, 0.717) is 24.3 Å². The first-order valence-corrected chi connectivity index (χ1v) is 6.01. The average molecular weight is 321 g/mol. The smallest absolute Gasteiger partial charge is 0.406 e. The molecule has 8 heteroatoms. The summed E-state index contributed by atoms with van der Waals surface area (Å²) >= 11 is 0. The number of carbonyl (C=O) groups excluding carboxylic acids is 1. The maximum Gasteiger partial charge on any atom is 0.573 e. The van der Waals surface area contributed by atoms with Gasteiger partial charge in [-0.25, -0.2) is 0 Å². The van der Waals surface area contributed by atoms with Crippen LogP contribution < -0.4 is 15.4 Å². The van der Waals surface area contributed by atoms with Crippen molar-refractivity contribution in [1.29, 1.82) is 0 Å². The Hall–Kier alpha value is -1.73. The van der Waals surface area contributed by atoms with Crippen LogP contribution in [-0.4, -0.2) is 25.4 Å². The minimum absolute atomic E-state index is 0. The number of halogens is 4. The lowest BCUT2D eigenvalue weighted by Gasteiger charge is -2.27. The SMILES string of the molecule is Cl.O=C1Nc2ccc(OC(F)(F)F)cc2[C@]12C=CCNC2. The quantitative estimate of drug-likeness (QED) is 0.781. The summed E-state index contributed by atoms with van der Waals surface area (Å²) < 4.78 is 40.7. The lowest BCUT2D eigenvalue weighted by Crippen LogP contribution is -2.45. The summed E-state index contributed by atoms with van der Waals surface area (Å²) in [5.74, 6) is -0.578. The zero-order chi connectivity index (χ0) is 14.4. The second-order valence-electron chi connectivity index (χ2n) is 4.71. The Balaban J connectivity index is 0.00000161. The van der Waals surface area contributed by atoms with Crippen LogP contribution in [0, 0.1) is 0 Å². The maximum absolute atomic E-state index is 12.3. The fraction of sp³-hybridized carbons (Fsp3) is 0.308. The third kappa shape index (κ3) is 2.71. The zero-order valence-electron chi connectivity index (χ0n) is 10.7. The maximum atomic E-state index is 12.3. The molecular weight excluding hydrogens is 309 g/mol. The van der Waals surface area contributed by atoms with E-state index in [1.165, 1.54) is 18.2 Å². The summed E-state index contributed by atoms with van der Waals surface area (Å²) in [6.45, 7) is 0.973. The lowest BCUT2D eigenvalue weighted by molar-refractivity contribution is -0.274. The molecule has 0 saturated heterocycles. The third-order valence-electron chi connectivity index (χ3n) is 3.43. The summed E-state index contributed by atoms with van der Waals surface area (Å²) in [6, 6.07) is 3.87. The molecule has 0 aromatic heterocycles. The van der Waals surface area contributed by atoms with Crippen LogP contribution in [0.3, 0.4) is 0 Å². The van der Waals surface area contributed by atoms with Crippen LogP contribution in [0.2, 0.25) is 0 Å². The monoisotopic (exact) mass is 320 g/mol. The van der Waals surface area contributed by atoms with Crippen LogP contribution in [0.15, 0.2) is 30.4 Å². The molecule has 2 aliphatic heterocycles. The van der Waals surface area contributed by atoms with Gasteiger partial charge in [-0.1, -0.05) is 12.2 Å². The summed E-state index contributed by atoms with van der Waals surface area (Å²) in [6.07, 6.45) is -1.24. The highest BCUT2D eigenvalue weighted by Gasteiger charge is 2.46. The number of anilines is 1. The first-order valence-electron chi connectivity index (χ1n) is 6.01. The molecule has 0 fully saturated rings. The topological polar surface area (TPSA) is 50.4 Å². The standard InChI is InChI=1S/C13H11F3N2O2.ClH/c14-13(15,16)20-8-2-3-10-9(6-8)12(11(19)18-10)4-1-5-17-7-12;/h1-4,6,17H,5,7H2,(H,18,19);1H/t12-;/m1./s1. The minimum atomic E-state index is -4.75. The van der Waals surface area contributed by atoms with E-state index in [9.17, 15) is 18.0 Å². The van der Waals surface area contributed by atoms with Crippen LogP contribution in [0.4, 0.5) is 18.9 Å². The van der Waals surface area contributed by atoms with Gasteiger partial charge in [0.05, 0.1) is 0 Å². The van der Waals surface area contributed by atoms with E-state index in [2.05, 4.69) is 15.4 Å². The van der Waals surface area contributed by atoms with Gasteiger partial charge >= 0.3 is 6.36 Å². The molecule has 21 heavy (non-hydrogen) atoms. The van der Waals surface area contributed by atoms with Gasteiger partial charge in [-0.15, -0.1) is 25.6 Å². The van der Waals surface area contributed by atoms with Gasteiger partial charge in [0, 0.05) is 18.8 Å². The molecule has 0 aliphatic carbocycles. The number of alkyl halides is 3. The highest BCUT2D eigenvalue weighted by Crippen LogP contribution is 2.42. The van der Waals surface area contributed by atoms with Crippen molar-refractivity contribution in [3.05, 3.63) is 35.9 Å². The summed E-state index contributed by atoms with van der Waals surface area (Å²) in [4.78, 5) is 12.1. The Kier molecular flexibility index (Phi) is 3.90. The van der Waals surface area contributed by atoms with E-state index in [-0.39, 0.29) is 24.1 Å². The van der Waals surface area contributed by atoms with Crippen molar-refractivity contribution in [1.82, 2.24) is 5.32 Å². The van der Waals surface area contributed by atoms with E-state index >= 15 is 0 Å². The number of fused-ring (bicyclic) bond motifs is 2. The molecule has 114 valence electrons. The molecule has 4 nitrogen and oxygen atoms in total.